The molecule has 0 bridgehead atoms. The molecule has 0 unspecified atom stereocenters. The van der Waals surface area contributed by atoms with Crippen molar-refractivity contribution in [2.75, 3.05) is 7.11 Å². The molecule has 1 saturated heterocycles. The lowest BCUT2D eigenvalue weighted by molar-refractivity contribution is -0.384. The number of benzene rings is 1. The van der Waals surface area contributed by atoms with Crippen molar-refractivity contribution in [3.05, 3.63) is 52.1 Å². The van der Waals surface area contributed by atoms with E-state index >= 15 is 0 Å². The minimum absolute atomic E-state index is 0.0417. The molecule has 1 N–H and O–H groups in total. The molecule has 1 aromatic carbocycles. The number of carbonyl (C=O) groups is 2. The van der Waals surface area contributed by atoms with Crippen LogP contribution in [0.2, 0.25) is 0 Å². The lowest BCUT2D eigenvalue weighted by Gasteiger charge is -2.31. The maximum Gasteiger partial charge on any atom is 0.345 e. The second-order valence-corrected chi connectivity index (χ2v) is 5.35. The van der Waals surface area contributed by atoms with Gasteiger partial charge in [-0.1, -0.05) is 6.08 Å². The maximum atomic E-state index is 12.2. The number of methoxy groups -OCH3 is 1. The third-order valence-corrected chi connectivity index (χ3v) is 3.93. The number of nitrogens with zero attached hydrogens (tertiary/aromatic N) is 1. The van der Waals surface area contributed by atoms with Gasteiger partial charge in [0.25, 0.3) is 5.69 Å². The first-order chi connectivity index (χ1) is 11.4. The van der Waals surface area contributed by atoms with Gasteiger partial charge in [0.2, 0.25) is 5.60 Å². The number of hydrogen-bond acceptors (Lipinski definition) is 8. The number of ether oxygens (including phenoxy) is 3. The van der Waals surface area contributed by atoms with Crippen molar-refractivity contribution in [2.24, 2.45) is 0 Å². The molecule has 0 aromatic heterocycles. The van der Waals surface area contributed by atoms with E-state index in [1.807, 2.05) is 0 Å². The van der Waals surface area contributed by atoms with E-state index < -0.39 is 40.8 Å². The summed E-state index contributed by atoms with van der Waals surface area (Å²) < 4.78 is 14.9. The molecule has 1 fully saturated rings. The Morgan fingerprint density at radius 3 is 2.54 bits per heavy atom. The van der Waals surface area contributed by atoms with Crippen molar-refractivity contribution in [3.63, 3.8) is 0 Å². The first-order valence-corrected chi connectivity index (χ1v) is 6.98. The number of carbonyl (C=O) groups excluding carboxylic acids is 2. The van der Waals surface area contributed by atoms with Crippen molar-refractivity contribution in [2.45, 2.75) is 23.9 Å². The lowest BCUT2D eigenvalue weighted by atomic mass is 9.86. The predicted molar refractivity (Wildman–Crippen MR) is 77.1 cm³/mol. The Balaban J connectivity index is 1.79. The molecule has 3 rings (SSSR count). The number of aliphatic hydroxyl groups is 1. The number of hydrogen-bond donors (Lipinski definition) is 1. The van der Waals surface area contributed by atoms with Crippen molar-refractivity contribution in [1.29, 1.82) is 0 Å². The largest absolute Gasteiger partial charge is 0.467 e. The van der Waals surface area contributed by atoms with Crippen molar-refractivity contribution in [1.82, 2.24) is 0 Å². The standard InChI is InChI=1S/C15H13NO8/c1-22-14(18)15(19)11(7-6-10-12(15)23-10)24-13(17)8-2-4-9(5-3-8)16(20)21/h2-7,10-12,19H,1H3/t10-,11+,12-,15+/m0/s1. The Kier molecular flexibility index (Phi) is 3.82. The van der Waals surface area contributed by atoms with Crippen LogP contribution in [0.15, 0.2) is 36.4 Å². The number of nitro benzene ring substituents is 1. The molecule has 0 amide bonds. The SMILES string of the molecule is COC(=O)[C@@]1(O)[C@H](OC(=O)c2ccc([N+](=O)[O-])cc2)C=C[C@@H]2O[C@@H]21. The van der Waals surface area contributed by atoms with Crippen LogP contribution in [0.5, 0.6) is 0 Å². The molecule has 1 aliphatic carbocycles. The summed E-state index contributed by atoms with van der Waals surface area (Å²) in [5.74, 6) is -1.82. The van der Waals surface area contributed by atoms with Gasteiger partial charge in [0, 0.05) is 12.1 Å². The molecular weight excluding hydrogens is 322 g/mol. The van der Waals surface area contributed by atoms with Crippen LogP contribution in [-0.2, 0) is 19.0 Å². The summed E-state index contributed by atoms with van der Waals surface area (Å²) in [7, 11) is 1.10. The Bertz CT molecular complexity index is 727. The summed E-state index contributed by atoms with van der Waals surface area (Å²) in [5, 5.41) is 21.2. The van der Waals surface area contributed by atoms with E-state index in [9.17, 15) is 24.8 Å². The normalized spacial score (nSPS) is 30.2. The van der Waals surface area contributed by atoms with Gasteiger partial charge in [-0.2, -0.15) is 0 Å². The van der Waals surface area contributed by atoms with Crippen molar-refractivity contribution < 1.29 is 33.8 Å². The number of esters is 2. The average molecular weight is 335 g/mol. The number of epoxide rings is 1. The third-order valence-electron chi connectivity index (χ3n) is 3.93. The molecule has 1 aromatic rings. The number of nitro groups is 1. The zero-order valence-corrected chi connectivity index (χ0v) is 12.4. The van der Waals surface area contributed by atoms with E-state index in [0.717, 1.165) is 19.2 Å². The first-order valence-electron chi connectivity index (χ1n) is 6.98. The molecule has 0 radical (unpaired) electrons. The monoisotopic (exact) mass is 335 g/mol. The predicted octanol–water partition coefficient (Wildman–Crippen LogP) is 0.361. The number of rotatable bonds is 4. The minimum Gasteiger partial charge on any atom is -0.467 e. The van der Waals surface area contributed by atoms with Crippen LogP contribution in [-0.4, -0.2) is 53.0 Å². The lowest BCUT2D eigenvalue weighted by Crippen LogP contribution is -2.57. The average Bonchev–Trinajstić information content (AvgIpc) is 3.37. The summed E-state index contributed by atoms with van der Waals surface area (Å²) in [6.07, 6.45) is 0.369. The number of non-ortho nitro benzene ring substituents is 1. The zero-order valence-electron chi connectivity index (χ0n) is 12.4. The maximum absolute atomic E-state index is 12.2. The second-order valence-electron chi connectivity index (χ2n) is 5.35. The molecule has 4 atom stereocenters. The Hall–Kier alpha value is -2.78. The molecular formula is C15H13NO8. The van der Waals surface area contributed by atoms with Gasteiger partial charge >= 0.3 is 11.9 Å². The summed E-state index contributed by atoms with van der Waals surface area (Å²) in [6, 6.07) is 4.75. The molecule has 2 aliphatic rings. The van der Waals surface area contributed by atoms with Crippen LogP contribution < -0.4 is 0 Å². The van der Waals surface area contributed by atoms with Crippen LogP contribution in [0, 0.1) is 10.1 Å². The molecule has 9 heteroatoms. The summed E-state index contributed by atoms with van der Waals surface area (Å²) in [4.78, 5) is 34.1. The quantitative estimate of drug-likeness (QED) is 0.274. The summed E-state index contributed by atoms with van der Waals surface area (Å²) in [5.41, 5.74) is -2.27. The van der Waals surface area contributed by atoms with Gasteiger partial charge in [0.1, 0.15) is 12.2 Å². The van der Waals surface area contributed by atoms with Gasteiger partial charge in [-0.15, -0.1) is 0 Å². The molecule has 0 saturated carbocycles. The molecule has 0 spiro atoms. The van der Waals surface area contributed by atoms with E-state index in [2.05, 4.69) is 4.74 Å². The highest BCUT2D eigenvalue weighted by molar-refractivity contribution is 5.91. The highest BCUT2D eigenvalue weighted by Gasteiger charge is 2.65. The molecule has 9 nitrogen and oxygen atoms in total. The number of fused-ring (bicyclic) bond motifs is 1. The topological polar surface area (TPSA) is 129 Å². The van der Waals surface area contributed by atoms with Gasteiger partial charge in [-0.3, -0.25) is 10.1 Å². The van der Waals surface area contributed by atoms with Crippen LogP contribution in [0.1, 0.15) is 10.4 Å². The van der Waals surface area contributed by atoms with E-state index in [1.165, 1.54) is 18.2 Å². The smallest absolute Gasteiger partial charge is 0.345 e. The summed E-state index contributed by atoms with van der Waals surface area (Å²) in [6.45, 7) is 0. The second kappa shape index (κ2) is 5.69. The highest BCUT2D eigenvalue weighted by Crippen LogP contribution is 2.42. The van der Waals surface area contributed by atoms with Gasteiger partial charge < -0.3 is 19.3 Å². The van der Waals surface area contributed by atoms with E-state index in [1.54, 1.807) is 6.08 Å². The Morgan fingerprint density at radius 2 is 1.96 bits per heavy atom. The molecule has 24 heavy (non-hydrogen) atoms. The van der Waals surface area contributed by atoms with Gasteiger partial charge in [-0.05, 0) is 18.2 Å². The van der Waals surface area contributed by atoms with E-state index in [0.29, 0.717) is 0 Å². The molecule has 1 aliphatic heterocycles. The fourth-order valence-electron chi connectivity index (χ4n) is 2.57. The van der Waals surface area contributed by atoms with Gasteiger partial charge in [0.15, 0.2) is 6.10 Å². The molecule has 126 valence electrons. The van der Waals surface area contributed by atoms with Crippen LogP contribution in [0.3, 0.4) is 0 Å². The highest BCUT2D eigenvalue weighted by atomic mass is 16.6. The zero-order chi connectivity index (χ0) is 17.5. The van der Waals surface area contributed by atoms with E-state index in [4.69, 9.17) is 9.47 Å². The van der Waals surface area contributed by atoms with Crippen molar-refractivity contribution >= 4 is 17.6 Å². The fraction of sp³-hybridized carbons (Fsp3) is 0.333. The van der Waals surface area contributed by atoms with Gasteiger partial charge in [-0.25, -0.2) is 9.59 Å². The minimum atomic E-state index is -2.13. The third kappa shape index (κ3) is 2.53. The van der Waals surface area contributed by atoms with Gasteiger partial charge in [0.05, 0.1) is 17.6 Å². The fourth-order valence-corrected chi connectivity index (χ4v) is 2.57. The van der Waals surface area contributed by atoms with E-state index in [-0.39, 0.29) is 11.3 Å². The Labute approximate surface area is 135 Å². The van der Waals surface area contributed by atoms with Crippen LogP contribution >= 0.6 is 0 Å². The van der Waals surface area contributed by atoms with Crippen LogP contribution in [0.25, 0.3) is 0 Å². The van der Waals surface area contributed by atoms with Crippen molar-refractivity contribution in [3.8, 4) is 0 Å². The summed E-state index contributed by atoms with van der Waals surface area (Å²) >= 11 is 0. The first kappa shape index (κ1) is 16.1. The van der Waals surface area contributed by atoms with Crippen LogP contribution in [0.4, 0.5) is 5.69 Å². The Morgan fingerprint density at radius 1 is 1.29 bits per heavy atom. The molecule has 1 heterocycles.